The molecule has 0 aromatic rings. The van der Waals surface area contributed by atoms with Crippen LogP contribution in [0.15, 0.2) is 16.8 Å². The third kappa shape index (κ3) is 3.05. The zero-order chi connectivity index (χ0) is 12.5. The number of hydrogen-bond acceptors (Lipinski definition) is 5. The van der Waals surface area contributed by atoms with Gasteiger partial charge < -0.3 is 10.0 Å². The Labute approximate surface area is 96.4 Å². The van der Waals surface area contributed by atoms with Crippen LogP contribution in [0.5, 0.6) is 0 Å². The quantitative estimate of drug-likeness (QED) is 0.774. The van der Waals surface area contributed by atoms with Crippen LogP contribution in [0.1, 0.15) is 20.8 Å². The molecule has 1 unspecified atom stereocenters. The fraction of sp³-hybridized carbons (Fsp3) is 0.700. The fourth-order valence-corrected chi connectivity index (χ4v) is 2.46. The molecule has 0 fully saturated rings. The van der Waals surface area contributed by atoms with E-state index in [1.807, 2.05) is 13.8 Å². The zero-order valence-electron chi connectivity index (χ0n) is 10.0. The number of aliphatic hydroxyl groups excluding tert-OH is 1. The number of amidine groups is 1. The molecule has 0 aliphatic carbocycles. The van der Waals surface area contributed by atoms with Gasteiger partial charge in [0.1, 0.15) is 6.23 Å². The van der Waals surface area contributed by atoms with E-state index in [1.165, 1.54) is 11.0 Å². The van der Waals surface area contributed by atoms with Crippen LogP contribution in [-0.2, 0) is 9.84 Å². The maximum Gasteiger partial charge on any atom is 0.225 e. The Kier molecular flexibility index (Phi) is 3.75. The van der Waals surface area contributed by atoms with Crippen LogP contribution in [-0.4, -0.2) is 42.6 Å². The number of aliphatic imine (C=N–C) groups is 1. The predicted octanol–water partition coefficient (Wildman–Crippen LogP) is 0.581. The monoisotopic (exact) mass is 246 g/mol. The molecule has 6 heteroatoms. The van der Waals surface area contributed by atoms with Crippen LogP contribution in [0, 0.1) is 5.92 Å². The van der Waals surface area contributed by atoms with Gasteiger partial charge >= 0.3 is 0 Å². The summed E-state index contributed by atoms with van der Waals surface area (Å²) >= 11 is 0. The average molecular weight is 246 g/mol. The van der Waals surface area contributed by atoms with Crippen LogP contribution in [0.25, 0.3) is 0 Å². The molecule has 0 aromatic carbocycles. The highest BCUT2D eigenvalue weighted by atomic mass is 32.2. The van der Waals surface area contributed by atoms with Gasteiger partial charge in [-0.15, -0.1) is 0 Å². The second-order valence-electron chi connectivity index (χ2n) is 4.43. The van der Waals surface area contributed by atoms with Crippen molar-refractivity contribution in [3.63, 3.8) is 0 Å². The van der Waals surface area contributed by atoms with E-state index in [-0.39, 0.29) is 11.1 Å². The van der Waals surface area contributed by atoms with Gasteiger partial charge in [0.25, 0.3) is 0 Å². The van der Waals surface area contributed by atoms with Crippen molar-refractivity contribution in [2.75, 3.05) is 12.8 Å². The first-order valence-corrected chi connectivity index (χ1v) is 7.03. The minimum absolute atomic E-state index is 0.0475. The van der Waals surface area contributed by atoms with Crippen LogP contribution in [0.2, 0.25) is 0 Å². The molecule has 0 amide bonds. The third-order valence-corrected chi connectivity index (χ3v) is 3.11. The summed E-state index contributed by atoms with van der Waals surface area (Å²) in [5, 5.41) is 9.78. The van der Waals surface area contributed by atoms with E-state index < -0.39 is 16.1 Å². The van der Waals surface area contributed by atoms with Gasteiger partial charge in [0.05, 0.1) is 0 Å². The number of nitrogens with zero attached hydrogens (tertiary/aromatic N) is 2. The van der Waals surface area contributed by atoms with Crippen LogP contribution in [0.4, 0.5) is 0 Å². The number of allylic oxidation sites excluding steroid dienone is 1. The van der Waals surface area contributed by atoms with Crippen molar-refractivity contribution < 1.29 is 13.5 Å². The number of aliphatic hydroxyl groups is 1. The predicted molar refractivity (Wildman–Crippen MR) is 63.6 cm³/mol. The average Bonchev–Trinajstić information content (AvgIpc) is 2.06. The zero-order valence-corrected chi connectivity index (χ0v) is 10.8. The second-order valence-corrected chi connectivity index (χ2v) is 6.34. The first-order chi connectivity index (χ1) is 7.21. The Morgan fingerprint density at radius 2 is 2.12 bits per heavy atom. The van der Waals surface area contributed by atoms with Gasteiger partial charge in [-0.05, 0) is 18.9 Å². The van der Waals surface area contributed by atoms with Gasteiger partial charge in [0.2, 0.25) is 15.0 Å². The number of hydrogen-bond donors (Lipinski definition) is 1. The standard InChI is InChI=1S/C10H18N2O3S/c1-7(2)6-12-9(13)5-8(3)11-10(12)16(4,14)15/h5,7,9,13H,6H2,1-4H3. The first kappa shape index (κ1) is 13.2. The summed E-state index contributed by atoms with van der Waals surface area (Å²) in [5.74, 6) is 0.244. The largest absolute Gasteiger partial charge is 0.370 e. The lowest BCUT2D eigenvalue weighted by molar-refractivity contribution is 0.0870. The lowest BCUT2D eigenvalue weighted by atomic mass is 10.2. The second kappa shape index (κ2) is 4.55. The molecule has 1 rings (SSSR count). The summed E-state index contributed by atoms with van der Waals surface area (Å²) in [6.07, 6.45) is 1.73. The summed E-state index contributed by atoms with van der Waals surface area (Å²) in [6, 6.07) is 0. The van der Waals surface area contributed by atoms with E-state index in [0.29, 0.717) is 12.2 Å². The van der Waals surface area contributed by atoms with E-state index in [4.69, 9.17) is 0 Å². The van der Waals surface area contributed by atoms with Crippen molar-refractivity contribution in [2.24, 2.45) is 10.9 Å². The van der Waals surface area contributed by atoms with Gasteiger partial charge in [-0.2, -0.15) is 0 Å². The van der Waals surface area contributed by atoms with E-state index in [0.717, 1.165) is 6.26 Å². The minimum atomic E-state index is -3.41. The first-order valence-electron chi connectivity index (χ1n) is 5.13. The molecule has 92 valence electrons. The van der Waals surface area contributed by atoms with Crippen molar-refractivity contribution in [2.45, 2.75) is 27.0 Å². The molecule has 0 saturated heterocycles. The summed E-state index contributed by atoms with van der Waals surface area (Å²) in [7, 11) is -3.41. The lowest BCUT2D eigenvalue weighted by Gasteiger charge is -2.32. The van der Waals surface area contributed by atoms with Gasteiger partial charge in [0, 0.05) is 18.5 Å². The molecular weight excluding hydrogens is 228 g/mol. The van der Waals surface area contributed by atoms with E-state index in [9.17, 15) is 13.5 Å². The molecule has 1 atom stereocenters. The molecule has 1 aliphatic rings. The highest BCUT2D eigenvalue weighted by molar-refractivity contribution is 8.05. The van der Waals surface area contributed by atoms with Gasteiger partial charge in [-0.3, -0.25) is 0 Å². The SMILES string of the molecule is CC1=CC(O)N(CC(C)C)C(S(C)(=O)=O)=N1. The summed E-state index contributed by atoms with van der Waals surface area (Å²) in [4.78, 5) is 5.40. The molecule has 0 bridgehead atoms. The molecule has 16 heavy (non-hydrogen) atoms. The maximum atomic E-state index is 11.6. The summed E-state index contributed by atoms with van der Waals surface area (Å²) in [6.45, 7) is 6.04. The Morgan fingerprint density at radius 1 is 1.56 bits per heavy atom. The fourth-order valence-electron chi connectivity index (χ4n) is 1.55. The molecule has 5 nitrogen and oxygen atoms in total. The Balaban J connectivity index is 3.11. The van der Waals surface area contributed by atoms with Crippen molar-refractivity contribution >= 4 is 15.0 Å². The highest BCUT2D eigenvalue weighted by Crippen LogP contribution is 2.17. The molecule has 1 N–H and O–H groups in total. The maximum absolute atomic E-state index is 11.6. The molecule has 0 saturated carbocycles. The Hall–Kier alpha value is -0.880. The Morgan fingerprint density at radius 3 is 2.56 bits per heavy atom. The van der Waals surface area contributed by atoms with E-state index in [2.05, 4.69) is 4.99 Å². The van der Waals surface area contributed by atoms with Gasteiger partial charge in [-0.25, -0.2) is 13.4 Å². The van der Waals surface area contributed by atoms with Crippen molar-refractivity contribution in [1.29, 1.82) is 0 Å². The lowest BCUT2D eigenvalue weighted by Crippen LogP contribution is -2.46. The summed E-state index contributed by atoms with van der Waals surface area (Å²) in [5.41, 5.74) is 0.521. The molecule has 0 radical (unpaired) electrons. The van der Waals surface area contributed by atoms with Crippen molar-refractivity contribution in [3.05, 3.63) is 11.8 Å². The Bertz CT molecular complexity index is 423. The van der Waals surface area contributed by atoms with Crippen LogP contribution in [0.3, 0.4) is 0 Å². The summed E-state index contributed by atoms with van der Waals surface area (Å²) < 4.78 is 23.1. The highest BCUT2D eigenvalue weighted by Gasteiger charge is 2.29. The molecule has 1 heterocycles. The van der Waals surface area contributed by atoms with Crippen LogP contribution >= 0.6 is 0 Å². The van der Waals surface area contributed by atoms with Gasteiger partial charge in [-0.1, -0.05) is 13.8 Å². The normalized spacial score (nSPS) is 22.1. The van der Waals surface area contributed by atoms with E-state index in [1.54, 1.807) is 6.92 Å². The molecule has 1 aliphatic heterocycles. The van der Waals surface area contributed by atoms with E-state index >= 15 is 0 Å². The molecule has 0 spiro atoms. The van der Waals surface area contributed by atoms with Crippen molar-refractivity contribution in [1.82, 2.24) is 4.90 Å². The number of sulfone groups is 1. The minimum Gasteiger partial charge on any atom is -0.370 e. The van der Waals surface area contributed by atoms with Crippen LogP contribution < -0.4 is 0 Å². The van der Waals surface area contributed by atoms with Crippen molar-refractivity contribution in [3.8, 4) is 0 Å². The molecule has 0 aromatic heterocycles. The third-order valence-electron chi connectivity index (χ3n) is 2.12. The van der Waals surface area contributed by atoms with Gasteiger partial charge in [0.15, 0.2) is 0 Å². The molecular formula is C10H18N2O3S. The smallest absolute Gasteiger partial charge is 0.225 e. The topological polar surface area (TPSA) is 70.0 Å². The number of rotatable bonds is 2.